The van der Waals surface area contributed by atoms with Crippen molar-refractivity contribution in [3.05, 3.63) is 23.9 Å². The van der Waals surface area contributed by atoms with Crippen LogP contribution >= 0.6 is 12.4 Å². The van der Waals surface area contributed by atoms with E-state index in [1.807, 2.05) is 0 Å². The molecule has 1 rings (SSSR count). The molecule has 4 nitrogen and oxygen atoms in total. The van der Waals surface area contributed by atoms with Crippen molar-refractivity contribution >= 4 is 24.2 Å². The molecule has 0 aromatic carbocycles. The highest BCUT2D eigenvalue weighted by Crippen LogP contribution is 2.05. The van der Waals surface area contributed by atoms with E-state index in [-0.39, 0.29) is 18.8 Å². The van der Waals surface area contributed by atoms with Gasteiger partial charge in [-0.05, 0) is 24.1 Å². The topological polar surface area (TPSA) is 76.2 Å². The van der Waals surface area contributed by atoms with Gasteiger partial charge in [0.1, 0.15) is 5.82 Å². The third-order valence-corrected chi connectivity index (χ3v) is 1.47. The number of hydrogen-bond donors (Lipinski definition) is 2. The molecule has 5 heteroatoms. The Bertz CT molecular complexity index is 291. The van der Waals surface area contributed by atoms with Crippen LogP contribution in [0.25, 0.3) is 0 Å². The molecule has 0 saturated carbocycles. The maximum Gasteiger partial charge on any atom is 0.303 e. The van der Waals surface area contributed by atoms with E-state index in [0.717, 1.165) is 5.56 Å². The summed E-state index contributed by atoms with van der Waals surface area (Å²) in [7, 11) is 0. The van der Waals surface area contributed by atoms with Crippen LogP contribution in [0, 0.1) is 0 Å². The quantitative estimate of drug-likeness (QED) is 0.770. The number of anilines is 1. The van der Waals surface area contributed by atoms with Crippen molar-refractivity contribution in [2.24, 2.45) is 0 Å². The van der Waals surface area contributed by atoms with Gasteiger partial charge in [0.2, 0.25) is 0 Å². The van der Waals surface area contributed by atoms with Gasteiger partial charge in [-0.3, -0.25) is 4.79 Å². The van der Waals surface area contributed by atoms with Gasteiger partial charge in [-0.1, -0.05) is 0 Å². The van der Waals surface area contributed by atoms with Crippen LogP contribution < -0.4 is 5.73 Å². The molecular formula is C8H11ClN2O2. The number of aryl methyl sites for hydroxylation is 1. The number of aromatic nitrogens is 1. The Hall–Kier alpha value is -1.29. The zero-order valence-electron chi connectivity index (χ0n) is 6.93. The number of aliphatic carboxylic acids is 1. The van der Waals surface area contributed by atoms with Gasteiger partial charge in [-0.15, -0.1) is 12.4 Å². The standard InChI is InChI=1S/C8H10N2O2.ClH/c9-7-5-6(3-4-10-7)1-2-8(11)12;/h3-5H,1-2H2,(H2,9,10)(H,11,12);1H. The zero-order chi connectivity index (χ0) is 8.97. The van der Waals surface area contributed by atoms with Crippen molar-refractivity contribution in [1.29, 1.82) is 0 Å². The van der Waals surface area contributed by atoms with Crippen LogP contribution in [-0.4, -0.2) is 16.1 Å². The molecule has 13 heavy (non-hydrogen) atoms. The molecule has 0 unspecified atom stereocenters. The van der Waals surface area contributed by atoms with Gasteiger partial charge in [-0.25, -0.2) is 4.98 Å². The normalized spacial score (nSPS) is 8.92. The Labute approximate surface area is 82.2 Å². The van der Waals surface area contributed by atoms with Crippen LogP contribution in [0.2, 0.25) is 0 Å². The minimum atomic E-state index is -0.801. The first-order valence-electron chi connectivity index (χ1n) is 3.60. The van der Waals surface area contributed by atoms with Crippen LogP contribution in [0.3, 0.4) is 0 Å². The van der Waals surface area contributed by atoms with Crippen molar-refractivity contribution < 1.29 is 9.90 Å². The fourth-order valence-electron chi connectivity index (χ4n) is 0.901. The lowest BCUT2D eigenvalue weighted by Crippen LogP contribution is -1.98. The second-order valence-corrected chi connectivity index (χ2v) is 2.48. The molecule has 1 aromatic rings. The van der Waals surface area contributed by atoms with E-state index < -0.39 is 5.97 Å². The van der Waals surface area contributed by atoms with Crippen LogP contribution in [0.4, 0.5) is 5.82 Å². The van der Waals surface area contributed by atoms with Gasteiger partial charge in [0.15, 0.2) is 0 Å². The van der Waals surface area contributed by atoms with Gasteiger partial charge < -0.3 is 10.8 Å². The zero-order valence-corrected chi connectivity index (χ0v) is 7.75. The molecule has 0 spiro atoms. The van der Waals surface area contributed by atoms with E-state index in [0.29, 0.717) is 12.2 Å². The number of nitrogen functional groups attached to an aromatic ring is 1. The predicted molar refractivity (Wildman–Crippen MR) is 51.9 cm³/mol. The lowest BCUT2D eigenvalue weighted by Gasteiger charge is -1.98. The first-order chi connectivity index (χ1) is 5.68. The monoisotopic (exact) mass is 202 g/mol. The lowest BCUT2D eigenvalue weighted by atomic mass is 10.1. The third-order valence-electron chi connectivity index (χ3n) is 1.47. The number of hydrogen-bond acceptors (Lipinski definition) is 3. The Morgan fingerprint density at radius 1 is 1.62 bits per heavy atom. The first-order valence-corrected chi connectivity index (χ1v) is 3.60. The van der Waals surface area contributed by atoms with Crippen LogP contribution in [-0.2, 0) is 11.2 Å². The first kappa shape index (κ1) is 11.7. The molecule has 0 radical (unpaired) electrons. The molecule has 0 aliphatic rings. The van der Waals surface area contributed by atoms with E-state index in [2.05, 4.69) is 4.98 Å². The fraction of sp³-hybridized carbons (Fsp3) is 0.250. The number of rotatable bonds is 3. The summed E-state index contributed by atoms with van der Waals surface area (Å²) in [6, 6.07) is 3.45. The van der Waals surface area contributed by atoms with Crippen molar-refractivity contribution in [1.82, 2.24) is 4.98 Å². The van der Waals surface area contributed by atoms with Crippen LogP contribution in [0.1, 0.15) is 12.0 Å². The largest absolute Gasteiger partial charge is 0.481 e. The number of nitrogens with two attached hydrogens (primary N) is 1. The average molecular weight is 203 g/mol. The van der Waals surface area contributed by atoms with Gasteiger partial charge in [0.05, 0.1) is 0 Å². The molecule has 1 heterocycles. The van der Waals surface area contributed by atoms with E-state index in [9.17, 15) is 4.79 Å². The van der Waals surface area contributed by atoms with Crippen molar-refractivity contribution in [3.8, 4) is 0 Å². The minimum Gasteiger partial charge on any atom is -0.481 e. The van der Waals surface area contributed by atoms with Gasteiger partial charge in [-0.2, -0.15) is 0 Å². The smallest absolute Gasteiger partial charge is 0.303 e. The molecule has 1 aromatic heterocycles. The Morgan fingerprint density at radius 2 is 2.31 bits per heavy atom. The number of carboxylic acid groups (broad SMARTS) is 1. The summed E-state index contributed by atoms with van der Waals surface area (Å²) in [5.41, 5.74) is 6.31. The average Bonchev–Trinajstić information content (AvgIpc) is 2.01. The number of carbonyl (C=O) groups is 1. The van der Waals surface area contributed by atoms with Gasteiger partial charge in [0, 0.05) is 12.6 Å². The van der Waals surface area contributed by atoms with Crippen molar-refractivity contribution in [2.75, 3.05) is 5.73 Å². The highest BCUT2D eigenvalue weighted by Gasteiger charge is 1.98. The summed E-state index contributed by atoms with van der Waals surface area (Å²) in [5.74, 6) is -0.372. The van der Waals surface area contributed by atoms with Crippen molar-refractivity contribution in [3.63, 3.8) is 0 Å². The molecular weight excluding hydrogens is 192 g/mol. The Kier molecular flexibility index (Phi) is 4.84. The molecule has 0 fully saturated rings. The molecule has 0 atom stereocenters. The summed E-state index contributed by atoms with van der Waals surface area (Å²) >= 11 is 0. The third kappa shape index (κ3) is 4.32. The molecule has 0 aliphatic heterocycles. The summed E-state index contributed by atoms with van der Waals surface area (Å²) in [6.45, 7) is 0. The maximum absolute atomic E-state index is 10.2. The molecule has 0 saturated heterocycles. The van der Waals surface area contributed by atoms with Gasteiger partial charge in [0.25, 0.3) is 0 Å². The van der Waals surface area contributed by atoms with E-state index in [4.69, 9.17) is 10.8 Å². The maximum atomic E-state index is 10.2. The van der Waals surface area contributed by atoms with Crippen LogP contribution in [0.5, 0.6) is 0 Å². The highest BCUT2D eigenvalue weighted by atomic mass is 35.5. The number of carboxylic acids is 1. The molecule has 0 aliphatic carbocycles. The number of halogens is 1. The number of nitrogens with zero attached hydrogens (tertiary/aromatic N) is 1. The molecule has 72 valence electrons. The highest BCUT2D eigenvalue weighted by molar-refractivity contribution is 5.85. The Morgan fingerprint density at radius 3 is 2.85 bits per heavy atom. The van der Waals surface area contributed by atoms with E-state index in [1.54, 1.807) is 18.3 Å². The second-order valence-electron chi connectivity index (χ2n) is 2.48. The summed E-state index contributed by atoms with van der Waals surface area (Å²) < 4.78 is 0. The summed E-state index contributed by atoms with van der Waals surface area (Å²) in [4.78, 5) is 14.0. The van der Waals surface area contributed by atoms with Gasteiger partial charge >= 0.3 is 5.97 Å². The minimum absolute atomic E-state index is 0. The number of pyridine rings is 1. The van der Waals surface area contributed by atoms with E-state index in [1.165, 1.54) is 0 Å². The summed E-state index contributed by atoms with van der Waals surface area (Å²) in [5, 5.41) is 8.40. The SMILES string of the molecule is Cl.Nc1cc(CCC(=O)O)ccn1. The molecule has 0 bridgehead atoms. The fourth-order valence-corrected chi connectivity index (χ4v) is 0.901. The van der Waals surface area contributed by atoms with Crippen LogP contribution in [0.15, 0.2) is 18.3 Å². The Balaban J connectivity index is 0.00000144. The summed E-state index contributed by atoms with van der Waals surface area (Å²) in [6.07, 6.45) is 2.21. The lowest BCUT2D eigenvalue weighted by molar-refractivity contribution is -0.136. The van der Waals surface area contributed by atoms with E-state index >= 15 is 0 Å². The predicted octanol–water partition coefficient (Wildman–Crippen LogP) is 1.10. The molecule has 3 N–H and O–H groups in total. The van der Waals surface area contributed by atoms with Crippen molar-refractivity contribution in [2.45, 2.75) is 12.8 Å². The second kappa shape index (κ2) is 5.37. The molecule has 0 amide bonds.